The number of halogens is 1. The molecular formula is C14H15FN4O3. The van der Waals surface area contributed by atoms with Gasteiger partial charge in [0, 0.05) is 6.54 Å². The lowest BCUT2D eigenvalue weighted by atomic mass is 10.3. The van der Waals surface area contributed by atoms with Gasteiger partial charge in [-0.15, -0.1) is 5.10 Å². The quantitative estimate of drug-likeness (QED) is 0.870. The number of hydrogen-bond donors (Lipinski definition) is 1. The van der Waals surface area contributed by atoms with Crippen LogP contribution in [-0.4, -0.2) is 50.0 Å². The second kappa shape index (κ2) is 6.79. The van der Waals surface area contributed by atoms with Gasteiger partial charge in [0.15, 0.2) is 5.69 Å². The Morgan fingerprint density at radius 2 is 2.00 bits per heavy atom. The maximum Gasteiger partial charge on any atom is 0.323 e. The van der Waals surface area contributed by atoms with Crippen LogP contribution in [0.3, 0.4) is 0 Å². The SMILES string of the molecule is CCCN(CC(=O)O)C(=O)c1cnn(-c2ccc(F)cc2)n1. The van der Waals surface area contributed by atoms with Crippen molar-refractivity contribution in [2.75, 3.05) is 13.1 Å². The summed E-state index contributed by atoms with van der Waals surface area (Å²) in [5.74, 6) is -1.98. The Kier molecular flexibility index (Phi) is 4.82. The molecule has 1 amide bonds. The number of carboxylic acids is 1. The number of rotatable bonds is 6. The first-order valence-electron chi connectivity index (χ1n) is 6.70. The van der Waals surface area contributed by atoms with E-state index in [4.69, 9.17) is 5.11 Å². The van der Waals surface area contributed by atoms with Crippen LogP contribution < -0.4 is 0 Å². The van der Waals surface area contributed by atoms with E-state index in [0.29, 0.717) is 18.7 Å². The molecule has 0 aliphatic heterocycles. The normalized spacial score (nSPS) is 10.5. The molecule has 0 fully saturated rings. The molecule has 2 aromatic rings. The van der Waals surface area contributed by atoms with E-state index < -0.39 is 18.4 Å². The number of nitrogens with zero attached hydrogens (tertiary/aromatic N) is 4. The fraction of sp³-hybridized carbons (Fsp3) is 0.286. The summed E-state index contributed by atoms with van der Waals surface area (Å²) in [5, 5.41) is 16.8. The van der Waals surface area contributed by atoms with E-state index in [-0.39, 0.29) is 11.5 Å². The number of aromatic nitrogens is 3. The number of hydrogen-bond acceptors (Lipinski definition) is 4. The highest BCUT2D eigenvalue weighted by molar-refractivity contribution is 5.93. The molecular weight excluding hydrogens is 291 g/mol. The summed E-state index contributed by atoms with van der Waals surface area (Å²) in [5.41, 5.74) is 0.541. The summed E-state index contributed by atoms with van der Waals surface area (Å²) in [6.45, 7) is 1.77. The Morgan fingerprint density at radius 1 is 1.32 bits per heavy atom. The van der Waals surface area contributed by atoms with Crippen molar-refractivity contribution in [2.45, 2.75) is 13.3 Å². The van der Waals surface area contributed by atoms with Crippen molar-refractivity contribution in [1.82, 2.24) is 19.9 Å². The van der Waals surface area contributed by atoms with Gasteiger partial charge in [-0.05, 0) is 30.7 Å². The van der Waals surface area contributed by atoms with Crippen molar-refractivity contribution >= 4 is 11.9 Å². The summed E-state index contributed by atoms with van der Waals surface area (Å²) < 4.78 is 12.9. The average molecular weight is 306 g/mol. The molecule has 116 valence electrons. The zero-order chi connectivity index (χ0) is 16.1. The second-order valence-electron chi connectivity index (χ2n) is 4.62. The molecule has 0 saturated carbocycles. The van der Waals surface area contributed by atoms with Gasteiger partial charge in [0.1, 0.15) is 12.4 Å². The first-order valence-corrected chi connectivity index (χ1v) is 6.70. The van der Waals surface area contributed by atoms with E-state index >= 15 is 0 Å². The molecule has 22 heavy (non-hydrogen) atoms. The summed E-state index contributed by atoms with van der Waals surface area (Å²) in [7, 11) is 0. The molecule has 2 rings (SSSR count). The number of carbonyl (C=O) groups is 2. The van der Waals surface area contributed by atoms with Gasteiger partial charge >= 0.3 is 5.97 Å². The minimum absolute atomic E-state index is 0.0408. The Hall–Kier alpha value is -2.77. The van der Waals surface area contributed by atoms with Gasteiger partial charge in [0.05, 0.1) is 11.9 Å². The molecule has 0 saturated heterocycles. The minimum atomic E-state index is -1.09. The highest BCUT2D eigenvalue weighted by Crippen LogP contribution is 2.08. The van der Waals surface area contributed by atoms with Crippen molar-refractivity contribution in [3.63, 3.8) is 0 Å². The number of carboxylic acid groups (broad SMARTS) is 1. The third-order valence-electron chi connectivity index (χ3n) is 2.88. The molecule has 1 aromatic carbocycles. The van der Waals surface area contributed by atoms with Gasteiger partial charge in [-0.1, -0.05) is 6.92 Å². The summed E-state index contributed by atoms with van der Waals surface area (Å²) >= 11 is 0. The van der Waals surface area contributed by atoms with Crippen molar-refractivity contribution in [3.05, 3.63) is 42.0 Å². The Balaban J connectivity index is 2.20. The van der Waals surface area contributed by atoms with Crippen LogP contribution in [0.25, 0.3) is 5.69 Å². The number of carbonyl (C=O) groups excluding carboxylic acids is 1. The lowest BCUT2D eigenvalue weighted by Gasteiger charge is -2.18. The standard InChI is InChI=1S/C14H15FN4O3/c1-2-7-18(9-13(20)21)14(22)12-8-16-19(17-12)11-5-3-10(15)4-6-11/h3-6,8H,2,7,9H2,1H3,(H,20,21). The molecule has 1 heterocycles. The lowest BCUT2D eigenvalue weighted by Crippen LogP contribution is -2.36. The van der Waals surface area contributed by atoms with E-state index in [2.05, 4.69) is 10.2 Å². The van der Waals surface area contributed by atoms with Gasteiger partial charge in [0.2, 0.25) is 0 Å². The number of amides is 1. The Labute approximate surface area is 126 Å². The molecule has 0 spiro atoms. The fourth-order valence-corrected chi connectivity index (χ4v) is 1.91. The molecule has 8 heteroatoms. The van der Waals surface area contributed by atoms with E-state index in [1.54, 1.807) is 0 Å². The van der Waals surface area contributed by atoms with Crippen LogP contribution in [0.2, 0.25) is 0 Å². The summed E-state index contributed by atoms with van der Waals surface area (Å²) in [6, 6.07) is 5.47. The molecule has 0 aliphatic rings. The monoisotopic (exact) mass is 306 g/mol. The van der Waals surface area contributed by atoms with E-state index in [1.807, 2.05) is 6.92 Å². The largest absolute Gasteiger partial charge is 0.480 e. The van der Waals surface area contributed by atoms with E-state index in [0.717, 1.165) is 0 Å². The fourth-order valence-electron chi connectivity index (χ4n) is 1.91. The van der Waals surface area contributed by atoms with Crippen molar-refractivity contribution in [3.8, 4) is 5.69 Å². The smallest absolute Gasteiger partial charge is 0.323 e. The highest BCUT2D eigenvalue weighted by Gasteiger charge is 2.20. The van der Waals surface area contributed by atoms with Crippen molar-refractivity contribution < 1.29 is 19.1 Å². The predicted molar refractivity (Wildman–Crippen MR) is 75.1 cm³/mol. The topological polar surface area (TPSA) is 88.3 Å². The second-order valence-corrected chi connectivity index (χ2v) is 4.62. The van der Waals surface area contributed by atoms with E-state index in [9.17, 15) is 14.0 Å². The maximum atomic E-state index is 12.9. The van der Waals surface area contributed by atoms with Crippen LogP contribution in [-0.2, 0) is 4.79 Å². The van der Waals surface area contributed by atoms with Crippen LogP contribution in [0, 0.1) is 5.82 Å². The van der Waals surface area contributed by atoms with Gasteiger partial charge in [-0.3, -0.25) is 9.59 Å². The summed E-state index contributed by atoms with van der Waals surface area (Å²) in [4.78, 5) is 25.5. The zero-order valence-corrected chi connectivity index (χ0v) is 11.9. The van der Waals surface area contributed by atoms with Crippen LogP contribution in [0.4, 0.5) is 4.39 Å². The molecule has 7 nitrogen and oxygen atoms in total. The van der Waals surface area contributed by atoms with Gasteiger partial charge in [-0.2, -0.15) is 9.90 Å². The van der Waals surface area contributed by atoms with Crippen LogP contribution in [0.15, 0.2) is 30.5 Å². The average Bonchev–Trinajstić information content (AvgIpc) is 2.96. The van der Waals surface area contributed by atoms with Gasteiger partial charge in [-0.25, -0.2) is 4.39 Å². The molecule has 1 N–H and O–H groups in total. The highest BCUT2D eigenvalue weighted by atomic mass is 19.1. The molecule has 0 atom stereocenters. The first-order chi connectivity index (χ1) is 10.5. The van der Waals surface area contributed by atoms with Crippen LogP contribution in [0.1, 0.15) is 23.8 Å². The Bertz CT molecular complexity index is 669. The third-order valence-corrected chi connectivity index (χ3v) is 2.88. The number of benzene rings is 1. The Morgan fingerprint density at radius 3 is 2.59 bits per heavy atom. The molecule has 1 aromatic heterocycles. The molecule has 0 bridgehead atoms. The van der Waals surface area contributed by atoms with Gasteiger partial charge in [0.25, 0.3) is 5.91 Å². The van der Waals surface area contributed by atoms with Crippen molar-refractivity contribution in [2.24, 2.45) is 0 Å². The van der Waals surface area contributed by atoms with E-state index in [1.165, 1.54) is 40.2 Å². The van der Waals surface area contributed by atoms with Crippen LogP contribution >= 0.6 is 0 Å². The third kappa shape index (κ3) is 3.66. The van der Waals surface area contributed by atoms with Gasteiger partial charge < -0.3 is 10.0 Å². The lowest BCUT2D eigenvalue weighted by molar-refractivity contribution is -0.137. The first kappa shape index (κ1) is 15.6. The molecule has 0 aliphatic carbocycles. The van der Waals surface area contributed by atoms with Crippen molar-refractivity contribution in [1.29, 1.82) is 0 Å². The predicted octanol–water partition coefficient (Wildman–Crippen LogP) is 1.34. The van der Waals surface area contributed by atoms with Crippen LogP contribution in [0.5, 0.6) is 0 Å². The minimum Gasteiger partial charge on any atom is -0.480 e. The molecule has 0 radical (unpaired) electrons. The zero-order valence-electron chi connectivity index (χ0n) is 11.9. The summed E-state index contributed by atoms with van der Waals surface area (Å²) in [6.07, 6.45) is 1.89. The number of aliphatic carboxylic acids is 1. The maximum absolute atomic E-state index is 12.9. The molecule has 0 unspecified atom stereocenters.